The van der Waals surface area contributed by atoms with Gasteiger partial charge in [-0.05, 0) is 56.2 Å². The maximum absolute atomic E-state index is 14.0. The molecule has 6 nitrogen and oxygen atoms in total. The first-order valence-corrected chi connectivity index (χ1v) is 8.94. The molecule has 0 bridgehead atoms. The van der Waals surface area contributed by atoms with Gasteiger partial charge in [-0.25, -0.2) is 13.9 Å². The summed E-state index contributed by atoms with van der Waals surface area (Å²) in [4.78, 5) is 4.43. The van der Waals surface area contributed by atoms with E-state index in [1.54, 1.807) is 29.9 Å². The molecule has 3 aromatic rings. The third-order valence-corrected chi connectivity index (χ3v) is 5.23. The van der Waals surface area contributed by atoms with Crippen LogP contribution in [0.15, 0.2) is 30.6 Å². The summed E-state index contributed by atoms with van der Waals surface area (Å²) < 4.78 is 15.7. The van der Waals surface area contributed by atoms with E-state index in [-0.39, 0.29) is 17.8 Å². The zero-order valence-corrected chi connectivity index (χ0v) is 14.7. The van der Waals surface area contributed by atoms with Crippen LogP contribution in [0, 0.1) is 12.7 Å². The van der Waals surface area contributed by atoms with Crippen LogP contribution in [0.1, 0.15) is 42.7 Å². The zero-order chi connectivity index (χ0) is 18.3. The number of hydrogen-bond acceptors (Lipinski definition) is 5. The number of hydrogen-bond donors (Lipinski definition) is 3. The lowest BCUT2D eigenvalue weighted by molar-refractivity contribution is 0.396. The first-order valence-electron chi connectivity index (χ1n) is 8.94. The van der Waals surface area contributed by atoms with E-state index in [1.807, 2.05) is 6.07 Å². The molecule has 0 unspecified atom stereocenters. The molecular formula is C19H23FN6. The highest BCUT2D eigenvalue weighted by molar-refractivity contribution is 5.80. The van der Waals surface area contributed by atoms with E-state index in [0.29, 0.717) is 22.7 Å². The van der Waals surface area contributed by atoms with Crippen molar-refractivity contribution in [3.8, 4) is 0 Å². The Morgan fingerprint density at radius 1 is 1.23 bits per heavy atom. The minimum absolute atomic E-state index is 0.248. The summed E-state index contributed by atoms with van der Waals surface area (Å²) in [6.07, 6.45) is 7.28. The Labute approximate surface area is 151 Å². The van der Waals surface area contributed by atoms with Crippen LogP contribution >= 0.6 is 0 Å². The fourth-order valence-corrected chi connectivity index (χ4v) is 3.73. The molecule has 1 fully saturated rings. The Morgan fingerprint density at radius 3 is 2.73 bits per heavy atom. The molecule has 1 aliphatic carbocycles. The molecule has 2 aromatic heterocycles. The second-order valence-electron chi connectivity index (χ2n) is 7.07. The van der Waals surface area contributed by atoms with Gasteiger partial charge < -0.3 is 16.8 Å². The predicted molar refractivity (Wildman–Crippen MR) is 101 cm³/mol. The van der Waals surface area contributed by atoms with Gasteiger partial charge in [0, 0.05) is 29.7 Å². The van der Waals surface area contributed by atoms with Gasteiger partial charge >= 0.3 is 0 Å². The van der Waals surface area contributed by atoms with Crippen molar-refractivity contribution in [1.29, 1.82) is 0 Å². The van der Waals surface area contributed by atoms with Crippen molar-refractivity contribution < 1.29 is 4.39 Å². The smallest absolute Gasteiger partial charge is 0.177 e. The number of fused-ring (bicyclic) bond motifs is 1. The standard InChI is InChI=1S/C19H23FN6/c1-11-2-7-14(10-15(11)20)24-17-16(12-3-5-13(21)6-4-12)18(22)25-26-9-8-23-19(17)26/h2,7-10,12-13,24H,3-6,21H2,1H3,(H2,22,25). The SMILES string of the molecule is Cc1ccc(Nc2c(C3CCC(N)CC3)c(N)nn3ccnc23)cc1F. The van der Waals surface area contributed by atoms with Crippen LogP contribution in [-0.4, -0.2) is 20.6 Å². The quantitative estimate of drug-likeness (QED) is 0.669. The Kier molecular flexibility index (Phi) is 4.24. The van der Waals surface area contributed by atoms with E-state index in [4.69, 9.17) is 11.5 Å². The first-order chi connectivity index (χ1) is 12.5. The molecule has 0 amide bonds. The molecule has 0 radical (unpaired) electrons. The average molecular weight is 354 g/mol. The molecule has 26 heavy (non-hydrogen) atoms. The number of aromatic nitrogens is 3. The molecule has 0 aliphatic heterocycles. The fraction of sp³-hybridized carbons (Fsp3) is 0.368. The lowest BCUT2D eigenvalue weighted by Gasteiger charge is -2.28. The summed E-state index contributed by atoms with van der Waals surface area (Å²) in [7, 11) is 0. The van der Waals surface area contributed by atoms with E-state index in [0.717, 1.165) is 36.9 Å². The Bertz CT molecular complexity index is 943. The number of nitrogens with two attached hydrogens (primary N) is 2. The summed E-state index contributed by atoms with van der Waals surface area (Å²) in [6.45, 7) is 1.74. The molecule has 1 aliphatic rings. The number of nitrogens with zero attached hydrogens (tertiary/aromatic N) is 3. The van der Waals surface area contributed by atoms with Crippen molar-refractivity contribution in [3.63, 3.8) is 0 Å². The molecule has 0 spiro atoms. The van der Waals surface area contributed by atoms with Crippen LogP contribution in [0.25, 0.3) is 5.65 Å². The molecule has 7 heteroatoms. The van der Waals surface area contributed by atoms with Crippen molar-refractivity contribution in [3.05, 3.63) is 47.5 Å². The van der Waals surface area contributed by atoms with Crippen molar-refractivity contribution in [2.24, 2.45) is 5.73 Å². The van der Waals surface area contributed by atoms with Gasteiger partial charge in [-0.15, -0.1) is 5.10 Å². The van der Waals surface area contributed by atoms with Gasteiger partial charge in [-0.3, -0.25) is 0 Å². The van der Waals surface area contributed by atoms with E-state index >= 15 is 0 Å². The van der Waals surface area contributed by atoms with Gasteiger partial charge in [-0.2, -0.15) is 0 Å². The van der Waals surface area contributed by atoms with Gasteiger partial charge in [-0.1, -0.05) is 6.07 Å². The summed E-state index contributed by atoms with van der Waals surface area (Å²) in [5.74, 6) is 0.495. The minimum Gasteiger partial charge on any atom is -0.382 e. The van der Waals surface area contributed by atoms with Crippen LogP contribution < -0.4 is 16.8 Å². The number of halogens is 1. The number of benzene rings is 1. The van der Waals surface area contributed by atoms with E-state index < -0.39 is 0 Å². The first kappa shape index (κ1) is 16.8. The third kappa shape index (κ3) is 2.99. The zero-order valence-electron chi connectivity index (χ0n) is 14.7. The van der Waals surface area contributed by atoms with Crippen molar-refractivity contribution in [1.82, 2.24) is 14.6 Å². The predicted octanol–water partition coefficient (Wildman–Crippen LogP) is 3.49. The highest BCUT2D eigenvalue weighted by Crippen LogP contribution is 2.41. The fourth-order valence-electron chi connectivity index (χ4n) is 3.73. The second-order valence-corrected chi connectivity index (χ2v) is 7.07. The number of aryl methyl sites for hydroxylation is 1. The Hall–Kier alpha value is -2.67. The molecule has 1 saturated carbocycles. The van der Waals surface area contributed by atoms with E-state index in [2.05, 4.69) is 15.4 Å². The van der Waals surface area contributed by atoms with Crippen LogP contribution in [0.4, 0.5) is 21.6 Å². The average Bonchev–Trinajstić information content (AvgIpc) is 3.07. The number of imidazole rings is 1. The number of anilines is 3. The Morgan fingerprint density at radius 2 is 2.00 bits per heavy atom. The largest absolute Gasteiger partial charge is 0.382 e. The molecule has 5 N–H and O–H groups in total. The van der Waals surface area contributed by atoms with E-state index in [1.165, 1.54) is 6.07 Å². The maximum atomic E-state index is 14.0. The minimum atomic E-state index is -0.249. The molecule has 0 saturated heterocycles. The summed E-state index contributed by atoms with van der Waals surface area (Å²) in [5, 5.41) is 7.79. The lowest BCUT2D eigenvalue weighted by Crippen LogP contribution is -2.26. The highest BCUT2D eigenvalue weighted by Gasteiger charge is 2.27. The van der Waals surface area contributed by atoms with Crippen molar-refractivity contribution in [2.45, 2.75) is 44.6 Å². The number of rotatable bonds is 3. The molecular weight excluding hydrogens is 331 g/mol. The number of nitrogens with one attached hydrogen (secondary N) is 1. The molecule has 4 rings (SSSR count). The number of nitrogen functional groups attached to an aromatic ring is 1. The highest BCUT2D eigenvalue weighted by atomic mass is 19.1. The molecule has 2 heterocycles. The van der Waals surface area contributed by atoms with E-state index in [9.17, 15) is 4.39 Å². The molecule has 0 atom stereocenters. The summed E-state index contributed by atoms with van der Waals surface area (Å²) in [6, 6.07) is 5.35. The van der Waals surface area contributed by atoms with Crippen LogP contribution in [0.2, 0.25) is 0 Å². The molecule has 136 valence electrons. The maximum Gasteiger partial charge on any atom is 0.177 e. The normalized spacial score (nSPS) is 20.4. The second kappa shape index (κ2) is 6.57. The van der Waals surface area contributed by atoms with Crippen LogP contribution in [0.3, 0.4) is 0 Å². The summed E-state index contributed by atoms with van der Waals surface area (Å²) in [5.41, 5.74) is 16.1. The van der Waals surface area contributed by atoms with Gasteiger partial charge in [0.1, 0.15) is 11.6 Å². The van der Waals surface area contributed by atoms with Crippen LogP contribution in [0.5, 0.6) is 0 Å². The van der Waals surface area contributed by atoms with Crippen molar-refractivity contribution in [2.75, 3.05) is 11.1 Å². The summed E-state index contributed by atoms with van der Waals surface area (Å²) >= 11 is 0. The van der Waals surface area contributed by atoms with Gasteiger partial charge in [0.25, 0.3) is 0 Å². The molecule has 1 aromatic carbocycles. The van der Waals surface area contributed by atoms with Gasteiger partial charge in [0.15, 0.2) is 5.65 Å². The van der Waals surface area contributed by atoms with Gasteiger partial charge in [0.2, 0.25) is 0 Å². The van der Waals surface area contributed by atoms with Crippen molar-refractivity contribution >= 4 is 22.8 Å². The van der Waals surface area contributed by atoms with Crippen LogP contribution in [-0.2, 0) is 0 Å². The lowest BCUT2D eigenvalue weighted by atomic mass is 9.81. The monoisotopic (exact) mass is 354 g/mol. The Balaban J connectivity index is 1.81. The van der Waals surface area contributed by atoms with Gasteiger partial charge in [0.05, 0.1) is 5.69 Å². The topological polar surface area (TPSA) is 94.3 Å². The third-order valence-electron chi connectivity index (χ3n) is 5.23.